The maximum atomic E-state index is 5.42. The Bertz CT molecular complexity index is 610. The van der Waals surface area contributed by atoms with Crippen molar-refractivity contribution in [1.29, 1.82) is 0 Å². The number of rotatable bonds is 0. The van der Waals surface area contributed by atoms with E-state index in [1.54, 1.807) is 6.26 Å². The Morgan fingerprint density at radius 3 is 2.71 bits per heavy atom. The lowest BCUT2D eigenvalue weighted by Gasteiger charge is -2.00. The van der Waals surface area contributed by atoms with E-state index < -0.39 is 0 Å². The van der Waals surface area contributed by atoms with Crippen molar-refractivity contribution in [2.75, 3.05) is 0 Å². The van der Waals surface area contributed by atoms with Gasteiger partial charge >= 0.3 is 0 Å². The van der Waals surface area contributed by atoms with Gasteiger partial charge in [0.1, 0.15) is 5.52 Å². The third-order valence-electron chi connectivity index (χ3n) is 2.49. The summed E-state index contributed by atoms with van der Waals surface area (Å²) in [5, 5.41) is 2.30. The highest BCUT2D eigenvalue weighted by molar-refractivity contribution is 6.03. The van der Waals surface area contributed by atoms with Gasteiger partial charge in [-0.05, 0) is 6.92 Å². The Morgan fingerprint density at radius 1 is 1.07 bits per heavy atom. The first-order valence-electron chi connectivity index (χ1n) is 4.59. The van der Waals surface area contributed by atoms with Crippen LogP contribution in [0, 0.1) is 6.92 Å². The predicted octanol–water partition coefficient (Wildman–Crippen LogP) is 3.29. The van der Waals surface area contributed by atoms with Crippen LogP contribution in [0.4, 0.5) is 0 Å². The first kappa shape index (κ1) is 7.56. The van der Waals surface area contributed by atoms with Gasteiger partial charge in [0.2, 0.25) is 0 Å². The fraction of sp³-hybridized carbons (Fsp3) is 0.0833. The van der Waals surface area contributed by atoms with E-state index in [-0.39, 0.29) is 0 Å². The number of fused-ring (bicyclic) bond motifs is 3. The minimum Gasteiger partial charge on any atom is -0.462 e. The Balaban J connectivity index is 2.67. The van der Waals surface area contributed by atoms with E-state index in [1.165, 1.54) is 0 Å². The third-order valence-corrected chi connectivity index (χ3v) is 2.49. The van der Waals surface area contributed by atoms with E-state index in [9.17, 15) is 0 Å². The SMILES string of the molecule is Cc1nc2ccoc2c2ccccc12. The molecule has 0 atom stereocenters. The summed E-state index contributed by atoms with van der Waals surface area (Å²) in [4.78, 5) is 4.47. The standard InChI is InChI=1S/C12H9NO/c1-8-9-4-2-3-5-10(9)12-11(13-8)6-7-14-12/h2-7H,1H3. The molecule has 0 amide bonds. The van der Waals surface area contributed by atoms with Crippen LogP contribution < -0.4 is 0 Å². The highest BCUT2D eigenvalue weighted by atomic mass is 16.3. The lowest BCUT2D eigenvalue weighted by Crippen LogP contribution is -1.84. The van der Waals surface area contributed by atoms with Gasteiger partial charge in [-0.1, -0.05) is 24.3 Å². The van der Waals surface area contributed by atoms with Crippen molar-refractivity contribution in [3.8, 4) is 0 Å². The molecule has 14 heavy (non-hydrogen) atoms. The van der Waals surface area contributed by atoms with Gasteiger partial charge < -0.3 is 4.42 Å². The van der Waals surface area contributed by atoms with E-state index in [2.05, 4.69) is 17.1 Å². The second-order valence-electron chi connectivity index (χ2n) is 3.38. The van der Waals surface area contributed by atoms with Crippen molar-refractivity contribution < 1.29 is 4.42 Å². The largest absolute Gasteiger partial charge is 0.462 e. The summed E-state index contributed by atoms with van der Waals surface area (Å²) in [5.41, 5.74) is 2.86. The average Bonchev–Trinajstić information content (AvgIpc) is 2.66. The lowest BCUT2D eigenvalue weighted by atomic mass is 10.1. The molecule has 0 N–H and O–H groups in total. The maximum Gasteiger partial charge on any atom is 0.160 e. The molecule has 0 aliphatic carbocycles. The number of hydrogen-bond acceptors (Lipinski definition) is 2. The summed E-state index contributed by atoms with van der Waals surface area (Å²) in [6.45, 7) is 2.02. The number of furan rings is 1. The lowest BCUT2D eigenvalue weighted by molar-refractivity contribution is 0.618. The fourth-order valence-electron chi connectivity index (χ4n) is 1.83. The molecule has 0 fully saturated rings. The molecular weight excluding hydrogens is 174 g/mol. The molecule has 0 saturated heterocycles. The van der Waals surface area contributed by atoms with E-state index in [1.807, 2.05) is 25.1 Å². The van der Waals surface area contributed by atoms with Gasteiger partial charge in [0.15, 0.2) is 5.58 Å². The van der Waals surface area contributed by atoms with E-state index in [4.69, 9.17) is 4.42 Å². The Morgan fingerprint density at radius 2 is 1.86 bits per heavy atom. The molecule has 0 spiro atoms. The van der Waals surface area contributed by atoms with Crippen LogP contribution in [0.2, 0.25) is 0 Å². The van der Waals surface area contributed by atoms with Crippen LogP contribution in [0.15, 0.2) is 41.0 Å². The third kappa shape index (κ3) is 0.880. The Kier molecular flexibility index (Phi) is 1.39. The topological polar surface area (TPSA) is 26.0 Å². The monoisotopic (exact) mass is 183 g/mol. The number of benzene rings is 1. The number of hydrogen-bond donors (Lipinski definition) is 0. The van der Waals surface area contributed by atoms with Gasteiger partial charge in [0, 0.05) is 22.5 Å². The number of aromatic nitrogens is 1. The predicted molar refractivity (Wildman–Crippen MR) is 56.3 cm³/mol. The van der Waals surface area contributed by atoms with Crippen molar-refractivity contribution in [2.24, 2.45) is 0 Å². The van der Waals surface area contributed by atoms with Crippen LogP contribution in [0.3, 0.4) is 0 Å². The van der Waals surface area contributed by atoms with Crippen molar-refractivity contribution in [3.05, 3.63) is 42.3 Å². The highest BCUT2D eigenvalue weighted by Crippen LogP contribution is 2.26. The summed E-state index contributed by atoms with van der Waals surface area (Å²) in [6.07, 6.45) is 1.68. The van der Waals surface area contributed by atoms with Crippen LogP contribution in [0.5, 0.6) is 0 Å². The molecule has 2 heterocycles. The molecule has 0 bridgehead atoms. The van der Waals surface area contributed by atoms with Crippen molar-refractivity contribution in [1.82, 2.24) is 4.98 Å². The zero-order valence-electron chi connectivity index (χ0n) is 7.82. The van der Waals surface area contributed by atoms with Crippen LogP contribution >= 0.6 is 0 Å². The molecule has 0 unspecified atom stereocenters. The average molecular weight is 183 g/mol. The molecule has 3 aromatic rings. The van der Waals surface area contributed by atoms with Crippen molar-refractivity contribution >= 4 is 21.9 Å². The molecule has 0 saturated carbocycles. The minimum absolute atomic E-state index is 0.881. The molecule has 0 radical (unpaired) electrons. The molecule has 2 heteroatoms. The van der Waals surface area contributed by atoms with Crippen LogP contribution in [-0.2, 0) is 0 Å². The summed E-state index contributed by atoms with van der Waals surface area (Å²) in [7, 11) is 0. The van der Waals surface area contributed by atoms with Gasteiger partial charge in [0.25, 0.3) is 0 Å². The summed E-state index contributed by atoms with van der Waals surface area (Å²) < 4.78 is 5.42. The molecule has 0 aliphatic rings. The normalized spacial score (nSPS) is 11.2. The summed E-state index contributed by atoms with van der Waals surface area (Å²) in [5.74, 6) is 0. The van der Waals surface area contributed by atoms with Crippen molar-refractivity contribution in [3.63, 3.8) is 0 Å². The second kappa shape index (κ2) is 2.58. The first-order valence-corrected chi connectivity index (χ1v) is 4.59. The number of aryl methyl sites for hydroxylation is 1. The van der Waals surface area contributed by atoms with Crippen LogP contribution in [0.1, 0.15) is 5.69 Å². The molecule has 0 aliphatic heterocycles. The van der Waals surface area contributed by atoms with Crippen LogP contribution in [0.25, 0.3) is 21.9 Å². The molecule has 2 aromatic heterocycles. The fourth-order valence-corrected chi connectivity index (χ4v) is 1.83. The quantitative estimate of drug-likeness (QED) is 0.534. The number of nitrogens with zero attached hydrogens (tertiary/aromatic N) is 1. The second-order valence-corrected chi connectivity index (χ2v) is 3.38. The van der Waals surface area contributed by atoms with Gasteiger partial charge in [-0.25, -0.2) is 4.98 Å². The van der Waals surface area contributed by atoms with Gasteiger partial charge in [-0.2, -0.15) is 0 Å². The smallest absolute Gasteiger partial charge is 0.160 e. The van der Waals surface area contributed by atoms with Gasteiger partial charge in [-0.3, -0.25) is 0 Å². The maximum absolute atomic E-state index is 5.42. The van der Waals surface area contributed by atoms with Gasteiger partial charge in [0.05, 0.1) is 6.26 Å². The van der Waals surface area contributed by atoms with E-state index >= 15 is 0 Å². The molecule has 3 rings (SSSR count). The zero-order chi connectivity index (χ0) is 9.54. The summed E-state index contributed by atoms with van der Waals surface area (Å²) >= 11 is 0. The summed E-state index contributed by atoms with van der Waals surface area (Å²) in [6, 6.07) is 10.1. The van der Waals surface area contributed by atoms with Gasteiger partial charge in [-0.15, -0.1) is 0 Å². The minimum atomic E-state index is 0.881. The Labute approximate surface area is 81.2 Å². The van der Waals surface area contributed by atoms with Crippen LogP contribution in [-0.4, -0.2) is 4.98 Å². The number of pyridine rings is 1. The van der Waals surface area contributed by atoms with Crippen molar-refractivity contribution in [2.45, 2.75) is 6.92 Å². The molecule has 2 nitrogen and oxygen atoms in total. The zero-order valence-corrected chi connectivity index (χ0v) is 7.82. The Hall–Kier alpha value is -1.83. The van der Waals surface area contributed by atoms with E-state index in [0.29, 0.717) is 0 Å². The first-order chi connectivity index (χ1) is 6.86. The molecule has 68 valence electrons. The molecule has 1 aromatic carbocycles. The molecular formula is C12H9NO. The highest BCUT2D eigenvalue weighted by Gasteiger charge is 2.06. The van der Waals surface area contributed by atoms with E-state index in [0.717, 1.165) is 27.6 Å².